The van der Waals surface area contributed by atoms with E-state index in [0.29, 0.717) is 12.0 Å². The summed E-state index contributed by atoms with van der Waals surface area (Å²) in [6, 6.07) is 9.49. The summed E-state index contributed by atoms with van der Waals surface area (Å²) in [6.07, 6.45) is 0.862. The average molecular weight is 447 g/mol. The topological polar surface area (TPSA) is 113 Å². The highest BCUT2D eigenvalue weighted by atomic mass is 32.2. The van der Waals surface area contributed by atoms with Gasteiger partial charge in [0, 0.05) is 37.2 Å². The minimum absolute atomic E-state index is 0.155. The highest BCUT2D eigenvalue weighted by molar-refractivity contribution is 7.92. The number of imide groups is 1. The number of anilines is 1. The number of benzene rings is 2. The van der Waals surface area contributed by atoms with Crippen LogP contribution >= 0.6 is 0 Å². The van der Waals surface area contributed by atoms with Crippen LogP contribution < -0.4 is 10.0 Å². The monoisotopic (exact) mass is 447 g/mol. The third kappa shape index (κ3) is 5.46. The van der Waals surface area contributed by atoms with Crippen molar-refractivity contribution < 1.29 is 27.2 Å². The van der Waals surface area contributed by atoms with Crippen molar-refractivity contribution in [1.29, 1.82) is 0 Å². The SMILES string of the molecule is Cc1ccc(S(=O)(=O)Nc2cccc(C(=O)NCCCN3C(=O)CCC3=O)c2)cc1F. The minimum atomic E-state index is -4.03. The standard InChI is InChI=1S/C21H22FN3O5S/c1-14-6-7-17(13-18(14)22)31(29,30)24-16-5-2-4-15(12-16)21(28)23-10-3-11-25-19(26)8-9-20(25)27/h2,4-7,12-13,24H,3,8-11H2,1H3,(H,23,28). The summed E-state index contributed by atoms with van der Waals surface area (Å²) in [4.78, 5) is 36.4. The molecule has 8 nitrogen and oxygen atoms in total. The van der Waals surface area contributed by atoms with Gasteiger partial charge in [-0.1, -0.05) is 12.1 Å². The van der Waals surface area contributed by atoms with Gasteiger partial charge in [0.15, 0.2) is 0 Å². The molecule has 0 radical (unpaired) electrons. The van der Waals surface area contributed by atoms with Gasteiger partial charge < -0.3 is 5.32 Å². The molecule has 2 N–H and O–H groups in total. The molecule has 31 heavy (non-hydrogen) atoms. The van der Waals surface area contributed by atoms with Crippen molar-refractivity contribution in [2.24, 2.45) is 0 Å². The van der Waals surface area contributed by atoms with Gasteiger partial charge in [0.25, 0.3) is 15.9 Å². The summed E-state index contributed by atoms with van der Waals surface area (Å²) in [6.45, 7) is 2.02. The van der Waals surface area contributed by atoms with E-state index in [2.05, 4.69) is 10.0 Å². The smallest absolute Gasteiger partial charge is 0.261 e. The van der Waals surface area contributed by atoms with Crippen LogP contribution in [0.5, 0.6) is 0 Å². The summed E-state index contributed by atoms with van der Waals surface area (Å²) >= 11 is 0. The molecule has 0 bridgehead atoms. The summed E-state index contributed by atoms with van der Waals surface area (Å²) in [5.74, 6) is -1.47. The molecule has 164 valence electrons. The van der Waals surface area contributed by atoms with Crippen molar-refractivity contribution in [2.75, 3.05) is 17.8 Å². The Morgan fingerprint density at radius 2 is 1.81 bits per heavy atom. The van der Waals surface area contributed by atoms with Crippen LogP contribution in [0.25, 0.3) is 0 Å². The number of hydrogen-bond donors (Lipinski definition) is 2. The Kier molecular flexibility index (Phi) is 6.69. The van der Waals surface area contributed by atoms with Gasteiger partial charge in [-0.2, -0.15) is 0 Å². The molecule has 1 heterocycles. The Morgan fingerprint density at radius 3 is 2.48 bits per heavy atom. The number of nitrogens with one attached hydrogen (secondary N) is 2. The van der Waals surface area contributed by atoms with E-state index in [9.17, 15) is 27.2 Å². The normalized spacial score (nSPS) is 14.1. The summed E-state index contributed by atoms with van der Waals surface area (Å²) in [5, 5.41) is 2.67. The maximum Gasteiger partial charge on any atom is 0.261 e. The summed E-state index contributed by atoms with van der Waals surface area (Å²) < 4.78 is 41.1. The maximum absolute atomic E-state index is 13.7. The van der Waals surface area contributed by atoms with Crippen LogP contribution in [0.3, 0.4) is 0 Å². The third-order valence-electron chi connectivity index (χ3n) is 4.83. The first-order valence-electron chi connectivity index (χ1n) is 9.68. The Morgan fingerprint density at radius 1 is 1.10 bits per heavy atom. The summed E-state index contributed by atoms with van der Waals surface area (Å²) in [5.41, 5.74) is 0.710. The zero-order valence-corrected chi connectivity index (χ0v) is 17.7. The molecule has 0 spiro atoms. The number of aryl methyl sites for hydroxylation is 1. The van der Waals surface area contributed by atoms with Crippen molar-refractivity contribution in [3.8, 4) is 0 Å². The lowest BCUT2D eigenvalue weighted by Gasteiger charge is -2.14. The van der Waals surface area contributed by atoms with Crippen LogP contribution in [-0.4, -0.2) is 44.1 Å². The lowest BCUT2D eigenvalue weighted by molar-refractivity contribution is -0.138. The Labute approximate surface area is 179 Å². The zero-order chi connectivity index (χ0) is 22.6. The van der Waals surface area contributed by atoms with E-state index in [1.165, 1.54) is 48.2 Å². The average Bonchev–Trinajstić information content (AvgIpc) is 3.04. The summed E-state index contributed by atoms with van der Waals surface area (Å²) in [7, 11) is -4.03. The first kappa shape index (κ1) is 22.4. The first-order chi connectivity index (χ1) is 14.7. The molecule has 0 atom stereocenters. The highest BCUT2D eigenvalue weighted by Gasteiger charge is 2.28. The molecule has 0 aromatic heterocycles. The van der Waals surface area contributed by atoms with Crippen molar-refractivity contribution >= 4 is 33.4 Å². The largest absolute Gasteiger partial charge is 0.352 e. The van der Waals surface area contributed by atoms with Gasteiger partial charge in [-0.05, 0) is 49.2 Å². The van der Waals surface area contributed by atoms with Crippen LogP contribution in [0.1, 0.15) is 35.2 Å². The lowest BCUT2D eigenvalue weighted by Crippen LogP contribution is -2.33. The Bertz CT molecular complexity index is 1120. The second-order valence-electron chi connectivity index (χ2n) is 7.15. The quantitative estimate of drug-likeness (QED) is 0.476. The molecule has 1 aliphatic heterocycles. The molecule has 3 amide bonds. The molecule has 2 aromatic carbocycles. The fourth-order valence-corrected chi connectivity index (χ4v) is 4.15. The van der Waals surface area contributed by atoms with Gasteiger partial charge in [0.05, 0.1) is 4.90 Å². The van der Waals surface area contributed by atoms with Gasteiger partial charge >= 0.3 is 0 Å². The van der Waals surface area contributed by atoms with Crippen molar-refractivity contribution in [2.45, 2.75) is 31.1 Å². The molecule has 1 saturated heterocycles. The molecule has 1 fully saturated rings. The lowest BCUT2D eigenvalue weighted by atomic mass is 10.2. The number of nitrogens with zero attached hydrogens (tertiary/aromatic N) is 1. The van der Waals surface area contributed by atoms with E-state index >= 15 is 0 Å². The van der Waals surface area contributed by atoms with Crippen LogP contribution in [0.15, 0.2) is 47.4 Å². The first-order valence-corrected chi connectivity index (χ1v) is 11.2. The van der Waals surface area contributed by atoms with Gasteiger partial charge in [0.2, 0.25) is 11.8 Å². The molecular formula is C21H22FN3O5S. The van der Waals surface area contributed by atoms with Crippen molar-refractivity contribution in [1.82, 2.24) is 10.2 Å². The van der Waals surface area contributed by atoms with Crippen molar-refractivity contribution in [3.63, 3.8) is 0 Å². The Hall–Kier alpha value is -3.27. The number of amides is 3. The van der Waals surface area contributed by atoms with E-state index in [-0.39, 0.29) is 53.9 Å². The Balaban J connectivity index is 1.59. The molecule has 3 rings (SSSR count). The predicted molar refractivity (Wildman–Crippen MR) is 111 cm³/mol. The fraction of sp³-hybridized carbons (Fsp3) is 0.286. The molecule has 0 saturated carbocycles. The minimum Gasteiger partial charge on any atom is -0.352 e. The third-order valence-corrected chi connectivity index (χ3v) is 6.21. The molecule has 10 heteroatoms. The molecule has 2 aromatic rings. The maximum atomic E-state index is 13.7. The zero-order valence-electron chi connectivity index (χ0n) is 16.9. The van der Waals surface area contributed by atoms with Crippen LogP contribution in [-0.2, 0) is 19.6 Å². The van der Waals surface area contributed by atoms with Crippen LogP contribution in [0, 0.1) is 12.7 Å². The van der Waals surface area contributed by atoms with Gasteiger partial charge in [-0.3, -0.25) is 24.0 Å². The van der Waals surface area contributed by atoms with Crippen molar-refractivity contribution in [3.05, 3.63) is 59.4 Å². The van der Waals surface area contributed by atoms with E-state index < -0.39 is 21.7 Å². The van der Waals surface area contributed by atoms with Gasteiger partial charge in [-0.25, -0.2) is 12.8 Å². The van der Waals surface area contributed by atoms with Crippen LogP contribution in [0.2, 0.25) is 0 Å². The number of halogens is 1. The number of sulfonamides is 1. The number of carbonyl (C=O) groups excluding carboxylic acids is 3. The van der Waals surface area contributed by atoms with Crippen LogP contribution in [0.4, 0.5) is 10.1 Å². The predicted octanol–water partition coefficient (Wildman–Crippen LogP) is 2.20. The van der Waals surface area contributed by atoms with E-state index in [1.807, 2.05) is 0 Å². The number of hydrogen-bond acceptors (Lipinski definition) is 5. The fourth-order valence-electron chi connectivity index (χ4n) is 3.09. The van der Waals surface area contributed by atoms with E-state index in [1.54, 1.807) is 0 Å². The number of rotatable bonds is 8. The van der Waals surface area contributed by atoms with E-state index in [0.717, 1.165) is 6.07 Å². The number of carbonyl (C=O) groups is 3. The van der Waals surface area contributed by atoms with Gasteiger partial charge in [-0.15, -0.1) is 0 Å². The number of likely N-dealkylation sites (tertiary alicyclic amines) is 1. The highest BCUT2D eigenvalue weighted by Crippen LogP contribution is 2.19. The second-order valence-corrected chi connectivity index (χ2v) is 8.83. The second kappa shape index (κ2) is 9.25. The molecule has 0 unspecified atom stereocenters. The molecular weight excluding hydrogens is 425 g/mol. The van der Waals surface area contributed by atoms with Gasteiger partial charge in [0.1, 0.15) is 5.82 Å². The molecule has 1 aliphatic rings. The van der Waals surface area contributed by atoms with E-state index in [4.69, 9.17) is 0 Å². The molecule has 0 aliphatic carbocycles.